The highest BCUT2D eigenvalue weighted by molar-refractivity contribution is 5.88. The topological polar surface area (TPSA) is 38.3 Å². The van der Waals surface area contributed by atoms with Crippen molar-refractivity contribution in [3.63, 3.8) is 0 Å². The SMILES string of the molecule is COc1cccc(CNC(=O)C=C(C)CCc2ccccc2)c1. The van der Waals surface area contributed by atoms with Gasteiger partial charge >= 0.3 is 0 Å². The molecule has 2 rings (SSSR count). The Kier molecular flexibility index (Phi) is 6.42. The van der Waals surface area contributed by atoms with Gasteiger partial charge < -0.3 is 10.1 Å². The molecule has 23 heavy (non-hydrogen) atoms. The monoisotopic (exact) mass is 309 g/mol. The molecule has 0 unspecified atom stereocenters. The summed E-state index contributed by atoms with van der Waals surface area (Å²) in [5, 5.41) is 2.91. The molecule has 0 radical (unpaired) electrons. The highest BCUT2D eigenvalue weighted by Crippen LogP contribution is 2.12. The van der Waals surface area contributed by atoms with E-state index in [0.29, 0.717) is 6.54 Å². The molecule has 0 heterocycles. The highest BCUT2D eigenvalue weighted by Gasteiger charge is 2.01. The van der Waals surface area contributed by atoms with Crippen LogP contribution in [0.15, 0.2) is 66.2 Å². The molecular formula is C20H23NO2. The van der Waals surface area contributed by atoms with Gasteiger partial charge in [0.1, 0.15) is 5.75 Å². The maximum Gasteiger partial charge on any atom is 0.244 e. The first-order valence-electron chi connectivity index (χ1n) is 7.79. The van der Waals surface area contributed by atoms with Crippen molar-refractivity contribution in [2.75, 3.05) is 7.11 Å². The number of allylic oxidation sites excluding steroid dienone is 1. The molecule has 0 fully saturated rings. The summed E-state index contributed by atoms with van der Waals surface area (Å²) in [4.78, 5) is 12.0. The molecule has 0 saturated carbocycles. The number of rotatable bonds is 7. The van der Waals surface area contributed by atoms with Crippen LogP contribution in [-0.4, -0.2) is 13.0 Å². The van der Waals surface area contributed by atoms with Crippen LogP contribution in [0.4, 0.5) is 0 Å². The Labute approximate surface area is 138 Å². The van der Waals surface area contributed by atoms with Crippen molar-refractivity contribution in [2.24, 2.45) is 0 Å². The number of hydrogen-bond donors (Lipinski definition) is 1. The molecule has 2 aromatic rings. The third-order valence-electron chi connectivity index (χ3n) is 3.63. The molecule has 0 aliphatic carbocycles. The smallest absolute Gasteiger partial charge is 0.244 e. The average molecular weight is 309 g/mol. The lowest BCUT2D eigenvalue weighted by molar-refractivity contribution is -0.116. The molecule has 0 aliphatic rings. The van der Waals surface area contributed by atoms with Gasteiger partial charge in [0.2, 0.25) is 5.91 Å². The van der Waals surface area contributed by atoms with Crippen LogP contribution in [0.25, 0.3) is 0 Å². The number of hydrogen-bond acceptors (Lipinski definition) is 2. The number of aryl methyl sites for hydroxylation is 1. The first-order valence-corrected chi connectivity index (χ1v) is 7.79. The first-order chi connectivity index (χ1) is 11.2. The molecule has 0 bridgehead atoms. The minimum atomic E-state index is -0.0571. The van der Waals surface area contributed by atoms with E-state index in [-0.39, 0.29) is 5.91 Å². The van der Waals surface area contributed by atoms with E-state index in [1.54, 1.807) is 13.2 Å². The third-order valence-corrected chi connectivity index (χ3v) is 3.63. The molecular weight excluding hydrogens is 286 g/mol. The van der Waals surface area contributed by atoms with Gasteiger partial charge in [-0.25, -0.2) is 0 Å². The van der Waals surface area contributed by atoms with E-state index in [2.05, 4.69) is 17.4 Å². The minimum Gasteiger partial charge on any atom is -0.497 e. The summed E-state index contributed by atoms with van der Waals surface area (Å²) < 4.78 is 5.18. The summed E-state index contributed by atoms with van der Waals surface area (Å²) in [6.07, 6.45) is 3.52. The van der Waals surface area contributed by atoms with E-state index in [1.807, 2.05) is 49.4 Å². The molecule has 3 heteroatoms. The van der Waals surface area contributed by atoms with Crippen molar-refractivity contribution in [3.8, 4) is 5.75 Å². The van der Waals surface area contributed by atoms with E-state index in [4.69, 9.17) is 4.74 Å². The predicted octanol–water partition coefficient (Wildman–Crippen LogP) is 3.89. The molecule has 0 spiro atoms. The van der Waals surface area contributed by atoms with Gasteiger partial charge in [-0.05, 0) is 43.0 Å². The van der Waals surface area contributed by atoms with Crippen LogP contribution in [0.3, 0.4) is 0 Å². The number of carbonyl (C=O) groups excluding carboxylic acids is 1. The fraction of sp³-hybridized carbons (Fsp3) is 0.250. The van der Waals surface area contributed by atoms with Gasteiger partial charge in [0.15, 0.2) is 0 Å². The number of ether oxygens (including phenoxy) is 1. The van der Waals surface area contributed by atoms with Crippen LogP contribution >= 0.6 is 0 Å². The summed E-state index contributed by atoms with van der Waals surface area (Å²) in [5.41, 5.74) is 3.39. The van der Waals surface area contributed by atoms with Crippen molar-refractivity contribution in [3.05, 3.63) is 77.4 Å². The van der Waals surface area contributed by atoms with Crippen LogP contribution in [-0.2, 0) is 17.8 Å². The summed E-state index contributed by atoms with van der Waals surface area (Å²) in [6.45, 7) is 2.49. The Morgan fingerprint density at radius 1 is 1.09 bits per heavy atom. The highest BCUT2D eigenvalue weighted by atomic mass is 16.5. The third kappa shape index (κ3) is 5.99. The van der Waals surface area contributed by atoms with Gasteiger partial charge in [-0.15, -0.1) is 0 Å². The van der Waals surface area contributed by atoms with Crippen molar-refractivity contribution in [1.29, 1.82) is 0 Å². The Balaban J connectivity index is 1.80. The fourth-order valence-corrected chi connectivity index (χ4v) is 2.30. The zero-order valence-electron chi connectivity index (χ0n) is 13.7. The molecule has 2 aromatic carbocycles. The fourth-order valence-electron chi connectivity index (χ4n) is 2.30. The number of methoxy groups -OCH3 is 1. The average Bonchev–Trinajstić information content (AvgIpc) is 2.59. The van der Waals surface area contributed by atoms with Crippen molar-refractivity contribution < 1.29 is 9.53 Å². The molecule has 3 nitrogen and oxygen atoms in total. The second kappa shape index (κ2) is 8.79. The van der Waals surface area contributed by atoms with Crippen LogP contribution in [0.5, 0.6) is 5.75 Å². The molecule has 1 N–H and O–H groups in total. The van der Waals surface area contributed by atoms with Gasteiger partial charge in [-0.1, -0.05) is 48.0 Å². The number of nitrogens with one attached hydrogen (secondary N) is 1. The van der Waals surface area contributed by atoms with Crippen LogP contribution in [0.1, 0.15) is 24.5 Å². The van der Waals surface area contributed by atoms with Crippen LogP contribution in [0, 0.1) is 0 Å². The zero-order valence-corrected chi connectivity index (χ0v) is 13.7. The minimum absolute atomic E-state index is 0.0571. The van der Waals surface area contributed by atoms with Crippen molar-refractivity contribution >= 4 is 5.91 Å². The van der Waals surface area contributed by atoms with E-state index >= 15 is 0 Å². The van der Waals surface area contributed by atoms with Crippen LogP contribution in [0.2, 0.25) is 0 Å². The standard InChI is InChI=1S/C20H23NO2/c1-16(11-12-17-7-4-3-5-8-17)13-20(22)21-15-18-9-6-10-19(14-18)23-2/h3-10,13-14H,11-12,15H2,1-2H3,(H,21,22). The largest absolute Gasteiger partial charge is 0.497 e. The Bertz CT molecular complexity index is 662. The molecule has 120 valence electrons. The summed E-state index contributed by atoms with van der Waals surface area (Å²) in [7, 11) is 1.64. The van der Waals surface area contributed by atoms with E-state index < -0.39 is 0 Å². The van der Waals surface area contributed by atoms with E-state index in [9.17, 15) is 4.79 Å². The quantitative estimate of drug-likeness (QED) is 0.788. The number of carbonyl (C=O) groups is 1. The maximum atomic E-state index is 12.0. The second-order valence-corrected chi connectivity index (χ2v) is 5.55. The summed E-state index contributed by atoms with van der Waals surface area (Å²) in [5.74, 6) is 0.740. The molecule has 1 amide bonds. The van der Waals surface area contributed by atoms with E-state index in [0.717, 1.165) is 29.7 Å². The van der Waals surface area contributed by atoms with Gasteiger partial charge in [-0.2, -0.15) is 0 Å². The Morgan fingerprint density at radius 2 is 1.83 bits per heavy atom. The lowest BCUT2D eigenvalue weighted by Gasteiger charge is -2.06. The van der Waals surface area contributed by atoms with Crippen LogP contribution < -0.4 is 10.1 Å². The van der Waals surface area contributed by atoms with Gasteiger partial charge in [0, 0.05) is 12.6 Å². The van der Waals surface area contributed by atoms with Gasteiger partial charge in [-0.3, -0.25) is 4.79 Å². The van der Waals surface area contributed by atoms with Gasteiger partial charge in [0.25, 0.3) is 0 Å². The van der Waals surface area contributed by atoms with Gasteiger partial charge in [0.05, 0.1) is 7.11 Å². The molecule has 0 atom stereocenters. The van der Waals surface area contributed by atoms with Crippen molar-refractivity contribution in [2.45, 2.75) is 26.3 Å². The maximum absolute atomic E-state index is 12.0. The second-order valence-electron chi connectivity index (χ2n) is 5.55. The Morgan fingerprint density at radius 3 is 2.57 bits per heavy atom. The molecule has 0 saturated heterocycles. The lowest BCUT2D eigenvalue weighted by Crippen LogP contribution is -2.20. The van der Waals surface area contributed by atoms with Crippen molar-refractivity contribution in [1.82, 2.24) is 5.32 Å². The zero-order chi connectivity index (χ0) is 16.5. The summed E-state index contributed by atoms with van der Waals surface area (Å²) in [6, 6.07) is 18.0. The molecule has 0 aliphatic heterocycles. The first kappa shape index (κ1) is 16.8. The summed E-state index contributed by atoms with van der Waals surface area (Å²) >= 11 is 0. The molecule has 0 aromatic heterocycles. The van der Waals surface area contributed by atoms with E-state index in [1.165, 1.54) is 5.56 Å². The predicted molar refractivity (Wildman–Crippen MR) is 93.4 cm³/mol. The number of benzene rings is 2. The Hall–Kier alpha value is -2.55. The lowest BCUT2D eigenvalue weighted by atomic mass is 10.1. The number of amides is 1. The normalized spacial score (nSPS) is 11.1.